The smallest absolute Gasteiger partial charge is 0.316 e. The first-order valence-electron chi connectivity index (χ1n) is 5.37. The molecule has 1 heterocycles. The van der Waals surface area contributed by atoms with Gasteiger partial charge in [0.15, 0.2) is 5.75 Å². The number of fused-ring (bicyclic) bond motifs is 1. The SMILES string of the molecule is CC(C)(C)C(=O)Oc1c[nH]c2cccc(Br)c12. The molecule has 0 aliphatic heterocycles. The summed E-state index contributed by atoms with van der Waals surface area (Å²) in [4.78, 5) is 14.9. The molecular formula is C13H14BrNO2. The van der Waals surface area contributed by atoms with Crippen molar-refractivity contribution in [2.75, 3.05) is 0 Å². The molecule has 0 radical (unpaired) electrons. The van der Waals surface area contributed by atoms with Crippen molar-refractivity contribution in [2.45, 2.75) is 20.8 Å². The highest BCUT2D eigenvalue weighted by Gasteiger charge is 2.25. The summed E-state index contributed by atoms with van der Waals surface area (Å²) in [7, 11) is 0. The molecule has 4 heteroatoms. The first-order chi connectivity index (χ1) is 7.89. The van der Waals surface area contributed by atoms with Gasteiger partial charge in [0.05, 0.1) is 16.3 Å². The van der Waals surface area contributed by atoms with Gasteiger partial charge >= 0.3 is 5.97 Å². The number of aromatic amines is 1. The van der Waals surface area contributed by atoms with Crippen LogP contribution in [-0.4, -0.2) is 11.0 Å². The molecule has 17 heavy (non-hydrogen) atoms. The number of hydrogen-bond donors (Lipinski definition) is 1. The van der Waals surface area contributed by atoms with Crippen LogP contribution >= 0.6 is 15.9 Å². The summed E-state index contributed by atoms with van der Waals surface area (Å²) in [6, 6.07) is 5.79. The number of rotatable bonds is 1. The monoisotopic (exact) mass is 295 g/mol. The van der Waals surface area contributed by atoms with E-state index in [-0.39, 0.29) is 5.97 Å². The first-order valence-corrected chi connectivity index (χ1v) is 6.17. The Morgan fingerprint density at radius 1 is 1.35 bits per heavy atom. The topological polar surface area (TPSA) is 42.1 Å². The molecule has 0 unspecified atom stereocenters. The third-order valence-corrected chi connectivity index (χ3v) is 3.09. The fourth-order valence-corrected chi connectivity index (χ4v) is 2.01. The maximum atomic E-state index is 11.8. The lowest BCUT2D eigenvalue weighted by atomic mass is 9.97. The zero-order valence-corrected chi connectivity index (χ0v) is 11.6. The molecule has 0 spiro atoms. The number of aromatic nitrogens is 1. The number of esters is 1. The zero-order chi connectivity index (χ0) is 12.6. The first kappa shape index (κ1) is 12.2. The Hall–Kier alpha value is -1.29. The molecule has 1 aromatic heterocycles. The molecule has 0 fully saturated rings. The third-order valence-electron chi connectivity index (χ3n) is 2.43. The van der Waals surface area contributed by atoms with E-state index in [1.165, 1.54) is 0 Å². The minimum Gasteiger partial charge on any atom is -0.424 e. The van der Waals surface area contributed by atoms with Gasteiger partial charge in [-0.1, -0.05) is 6.07 Å². The lowest BCUT2D eigenvalue weighted by molar-refractivity contribution is -0.142. The van der Waals surface area contributed by atoms with Crippen molar-refractivity contribution in [2.24, 2.45) is 5.41 Å². The summed E-state index contributed by atoms with van der Waals surface area (Å²) in [5.74, 6) is 0.321. The summed E-state index contributed by atoms with van der Waals surface area (Å²) in [6.07, 6.45) is 1.71. The molecule has 2 aromatic rings. The number of nitrogens with one attached hydrogen (secondary N) is 1. The zero-order valence-electron chi connectivity index (χ0n) is 10.0. The molecule has 0 atom stereocenters. The van der Waals surface area contributed by atoms with Crippen molar-refractivity contribution in [3.05, 3.63) is 28.9 Å². The highest BCUT2D eigenvalue weighted by atomic mass is 79.9. The molecule has 0 saturated heterocycles. The number of H-pyrrole nitrogens is 1. The molecule has 3 nitrogen and oxygen atoms in total. The molecular weight excluding hydrogens is 282 g/mol. The van der Waals surface area contributed by atoms with Gasteiger partial charge in [-0.15, -0.1) is 0 Å². The van der Waals surface area contributed by atoms with Crippen LogP contribution in [0, 0.1) is 5.41 Å². The van der Waals surface area contributed by atoms with E-state index in [2.05, 4.69) is 20.9 Å². The molecule has 0 aliphatic rings. The van der Waals surface area contributed by atoms with Crippen LogP contribution in [0.1, 0.15) is 20.8 Å². The third kappa shape index (κ3) is 2.36. The Morgan fingerprint density at radius 2 is 2.06 bits per heavy atom. The maximum absolute atomic E-state index is 11.8. The van der Waals surface area contributed by atoms with Crippen LogP contribution in [-0.2, 0) is 4.79 Å². The van der Waals surface area contributed by atoms with Crippen LogP contribution in [0.3, 0.4) is 0 Å². The molecule has 0 bridgehead atoms. The summed E-state index contributed by atoms with van der Waals surface area (Å²) in [6.45, 7) is 5.50. The van der Waals surface area contributed by atoms with E-state index in [1.54, 1.807) is 6.20 Å². The van der Waals surface area contributed by atoms with Crippen molar-refractivity contribution < 1.29 is 9.53 Å². The van der Waals surface area contributed by atoms with E-state index in [9.17, 15) is 4.79 Å². The van der Waals surface area contributed by atoms with Gasteiger partial charge in [0.25, 0.3) is 0 Å². The number of ether oxygens (including phenoxy) is 1. The van der Waals surface area contributed by atoms with Crippen LogP contribution in [0.5, 0.6) is 5.75 Å². The predicted octanol–water partition coefficient (Wildman–Crippen LogP) is 3.88. The second-order valence-corrected chi connectivity index (χ2v) is 5.81. The van der Waals surface area contributed by atoms with Crippen molar-refractivity contribution in [3.8, 4) is 5.75 Å². The van der Waals surface area contributed by atoms with Crippen molar-refractivity contribution in [1.82, 2.24) is 4.98 Å². The van der Waals surface area contributed by atoms with Gasteiger partial charge in [-0.25, -0.2) is 0 Å². The largest absolute Gasteiger partial charge is 0.424 e. The van der Waals surface area contributed by atoms with Gasteiger partial charge in [-0.3, -0.25) is 4.79 Å². The molecule has 1 N–H and O–H groups in total. The quantitative estimate of drug-likeness (QED) is 0.811. The Labute approximate surface area is 108 Å². The fraction of sp³-hybridized carbons (Fsp3) is 0.308. The van der Waals surface area contributed by atoms with Crippen LogP contribution in [0.4, 0.5) is 0 Å². The van der Waals surface area contributed by atoms with Crippen LogP contribution < -0.4 is 4.74 Å². The van der Waals surface area contributed by atoms with E-state index >= 15 is 0 Å². The average Bonchev–Trinajstić information content (AvgIpc) is 2.61. The second-order valence-electron chi connectivity index (χ2n) is 4.95. The lowest BCUT2D eigenvalue weighted by Crippen LogP contribution is -2.25. The van der Waals surface area contributed by atoms with E-state index in [1.807, 2.05) is 39.0 Å². The molecule has 2 rings (SSSR count). The Kier molecular flexibility index (Phi) is 3.00. The summed E-state index contributed by atoms with van der Waals surface area (Å²) in [5, 5.41) is 0.894. The van der Waals surface area contributed by atoms with Gasteiger partial charge in [-0.05, 0) is 48.8 Å². The number of carbonyl (C=O) groups is 1. The van der Waals surface area contributed by atoms with E-state index < -0.39 is 5.41 Å². The van der Waals surface area contributed by atoms with E-state index in [0.29, 0.717) is 5.75 Å². The Morgan fingerprint density at radius 3 is 2.71 bits per heavy atom. The van der Waals surface area contributed by atoms with E-state index in [0.717, 1.165) is 15.4 Å². The van der Waals surface area contributed by atoms with Gasteiger partial charge in [0, 0.05) is 10.7 Å². The Balaban J connectivity index is 2.41. The van der Waals surface area contributed by atoms with Crippen LogP contribution in [0.25, 0.3) is 10.9 Å². The highest BCUT2D eigenvalue weighted by molar-refractivity contribution is 9.10. The summed E-state index contributed by atoms with van der Waals surface area (Å²) < 4.78 is 6.32. The van der Waals surface area contributed by atoms with Crippen molar-refractivity contribution in [3.63, 3.8) is 0 Å². The molecule has 0 saturated carbocycles. The highest BCUT2D eigenvalue weighted by Crippen LogP contribution is 2.33. The van der Waals surface area contributed by atoms with E-state index in [4.69, 9.17) is 4.74 Å². The predicted molar refractivity (Wildman–Crippen MR) is 71.1 cm³/mol. The molecule has 0 amide bonds. The summed E-state index contributed by atoms with van der Waals surface area (Å²) in [5.41, 5.74) is 0.432. The van der Waals surface area contributed by atoms with Crippen LogP contribution in [0.15, 0.2) is 28.9 Å². The number of carbonyl (C=O) groups excluding carboxylic acids is 1. The average molecular weight is 296 g/mol. The lowest BCUT2D eigenvalue weighted by Gasteiger charge is -2.15. The van der Waals surface area contributed by atoms with Gasteiger partial charge in [0.2, 0.25) is 0 Å². The normalized spacial score (nSPS) is 11.8. The molecule has 1 aromatic carbocycles. The Bertz CT molecular complexity index is 566. The van der Waals surface area contributed by atoms with Gasteiger partial charge in [0.1, 0.15) is 0 Å². The van der Waals surface area contributed by atoms with Crippen LogP contribution in [0.2, 0.25) is 0 Å². The minimum atomic E-state index is -0.509. The molecule has 0 aliphatic carbocycles. The van der Waals surface area contributed by atoms with Crippen molar-refractivity contribution in [1.29, 1.82) is 0 Å². The minimum absolute atomic E-state index is 0.242. The standard InChI is InChI=1S/C13H14BrNO2/c1-13(2,3)12(16)17-10-7-15-9-6-4-5-8(14)11(9)10/h4-7,15H,1-3H3. The fourth-order valence-electron chi connectivity index (χ4n) is 1.44. The number of hydrogen-bond acceptors (Lipinski definition) is 2. The van der Waals surface area contributed by atoms with Crippen molar-refractivity contribution >= 4 is 32.8 Å². The number of halogens is 1. The number of benzene rings is 1. The molecule has 90 valence electrons. The van der Waals surface area contributed by atoms with Gasteiger partial charge < -0.3 is 9.72 Å². The maximum Gasteiger partial charge on any atom is 0.316 e. The summed E-state index contributed by atoms with van der Waals surface area (Å²) >= 11 is 3.46. The van der Waals surface area contributed by atoms with Gasteiger partial charge in [-0.2, -0.15) is 0 Å². The second kappa shape index (κ2) is 4.18.